The molecule has 1 saturated heterocycles. The molecular formula is C20H23NO6. The Labute approximate surface area is 158 Å². The third-order valence-electron chi connectivity index (χ3n) is 4.95. The Morgan fingerprint density at radius 3 is 2.37 bits per heavy atom. The van der Waals surface area contributed by atoms with Crippen LogP contribution in [-0.4, -0.2) is 57.3 Å². The molecule has 27 heavy (non-hydrogen) atoms. The molecule has 0 spiro atoms. The third kappa shape index (κ3) is 3.36. The van der Waals surface area contributed by atoms with Gasteiger partial charge in [-0.05, 0) is 23.8 Å². The summed E-state index contributed by atoms with van der Waals surface area (Å²) in [5.74, 6) is 2.68. The van der Waals surface area contributed by atoms with Gasteiger partial charge in [-0.2, -0.15) is 0 Å². The zero-order valence-corrected chi connectivity index (χ0v) is 15.4. The molecular weight excluding hydrogens is 350 g/mol. The first-order valence-electron chi connectivity index (χ1n) is 8.87. The van der Waals surface area contributed by atoms with E-state index in [0.29, 0.717) is 36.2 Å². The van der Waals surface area contributed by atoms with E-state index >= 15 is 0 Å². The largest absolute Gasteiger partial charge is 0.507 e. The highest BCUT2D eigenvalue weighted by molar-refractivity contribution is 5.55. The predicted molar refractivity (Wildman–Crippen MR) is 98.0 cm³/mol. The van der Waals surface area contributed by atoms with Crippen LogP contribution < -0.4 is 18.9 Å². The maximum atomic E-state index is 10.7. The lowest BCUT2D eigenvalue weighted by Gasteiger charge is -2.35. The van der Waals surface area contributed by atoms with Gasteiger partial charge >= 0.3 is 0 Å². The summed E-state index contributed by atoms with van der Waals surface area (Å²) in [6, 6.07) is 9.11. The van der Waals surface area contributed by atoms with Crippen LogP contribution in [0.3, 0.4) is 0 Å². The fourth-order valence-electron chi connectivity index (χ4n) is 3.61. The molecule has 4 rings (SSSR count). The number of ether oxygens (including phenoxy) is 5. The van der Waals surface area contributed by atoms with Gasteiger partial charge in [0.05, 0.1) is 33.5 Å². The van der Waals surface area contributed by atoms with Gasteiger partial charge in [-0.3, -0.25) is 4.90 Å². The van der Waals surface area contributed by atoms with Gasteiger partial charge in [0.2, 0.25) is 6.79 Å². The lowest BCUT2D eigenvalue weighted by molar-refractivity contribution is 0.0235. The molecule has 144 valence electrons. The van der Waals surface area contributed by atoms with E-state index in [4.69, 9.17) is 23.7 Å². The maximum absolute atomic E-state index is 10.7. The van der Waals surface area contributed by atoms with E-state index in [9.17, 15) is 5.11 Å². The quantitative estimate of drug-likeness (QED) is 0.864. The number of fused-ring (bicyclic) bond motifs is 1. The third-order valence-corrected chi connectivity index (χ3v) is 4.95. The molecule has 1 fully saturated rings. The minimum Gasteiger partial charge on any atom is -0.507 e. The predicted octanol–water partition coefficient (Wildman–Crippen LogP) is 2.56. The molecule has 1 N–H and O–H groups in total. The Kier molecular flexibility index (Phi) is 4.96. The molecule has 0 aromatic heterocycles. The number of hydrogen-bond acceptors (Lipinski definition) is 7. The summed E-state index contributed by atoms with van der Waals surface area (Å²) in [4.78, 5) is 2.28. The van der Waals surface area contributed by atoms with Gasteiger partial charge in [0.1, 0.15) is 5.75 Å². The summed E-state index contributed by atoms with van der Waals surface area (Å²) in [5.41, 5.74) is 1.75. The van der Waals surface area contributed by atoms with Crippen molar-refractivity contribution in [1.29, 1.82) is 0 Å². The number of nitrogens with zero attached hydrogens (tertiary/aromatic N) is 1. The highest BCUT2D eigenvalue weighted by Crippen LogP contribution is 2.44. The van der Waals surface area contributed by atoms with Crippen molar-refractivity contribution in [1.82, 2.24) is 4.90 Å². The molecule has 7 heteroatoms. The fraction of sp³-hybridized carbons (Fsp3) is 0.400. The zero-order valence-electron chi connectivity index (χ0n) is 15.4. The molecule has 2 heterocycles. The molecule has 2 aromatic carbocycles. The lowest BCUT2D eigenvalue weighted by atomic mass is 9.95. The summed E-state index contributed by atoms with van der Waals surface area (Å²) in [7, 11) is 3.23. The van der Waals surface area contributed by atoms with Gasteiger partial charge in [-0.25, -0.2) is 0 Å². The van der Waals surface area contributed by atoms with E-state index in [-0.39, 0.29) is 18.6 Å². The molecule has 2 aromatic rings. The van der Waals surface area contributed by atoms with Crippen LogP contribution in [0.1, 0.15) is 17.2 Å². The van der Waals surface area contributed by atoms with Crippen LogP contribution in [0.25, 0.3) is 0 Å². The fourth-order valence-corrected chi connectivity index (χ4v) is 3.61. The van der Waals surface area contributed by atoms with E-state index in [1.54, 1.807) is 20.3 Å². The summed E-state index contributed by atoms with van der Waals surface area (Å²) < 4.78 is 27.3. The number of aromatic hydroxyl groups is 1. The number of rotatable bonds is 5. The van der Waals surface area contributed by atoms with E-state index in [1.165, 1.54) is 0 Å². The van der Waals surface area contributed by atoms with Crippen molar-refractivity contribution >= 4 is 0 Å². The Morgan fingerprint density at radius 1 is 0.963 bits per heavy atom. The Balaban J connectivity index is 1.81. The smallest absolute Gasteiger partial charge is 0.231 e. The number of hydrogen-bond donors (Lipinski definition) is 1. The first kappa shape index (κ1) is 17.8. The molecule has 1 unspecified atom stereocenters. The topological polar surface area (TPSA) is 69.6 Å². The Bertz CT molecular complexity index is 818. The molecule has 2 aliphatic rings. The number of methoxy groups -OCH3 is 2. The number of phenolic OH excluding ortho intramolecular Hbond substituents is 1. The Morgan fingerprint density at radius 2 is 1.67 bits per heavy atom. The van der Waals surface area contributed by atoms with E-state index in [1.807, 2.05) is 24.3 Å². The molecule has 0 aliphatic carbocycles. The molecule has 2 aliphatic heterocycles. The average molecular weight is 373 g/mol. The van der Waals surface area contributed by atoms with Crippen LogP contribution in [-0.2, 0) is 4.74 Å². The molecule has 0 saturated carbocycles. The standard InChI is InChI=1S/C20H23NO6/c1-23-16-4-3-13(9-17(16)24-2)20(21-5-7-25-8-6-21)14-10-18-19(11-15(14)22)27-12-26-18/h3-4,9-11,20,22H,5-8,12H2,1-2H3. The van der Waals surface area contributed by atoms with Crippen molar-refractivity contribution < 1.29 is 28.8 Å². The SMILES string of the molecule is COc1ccc(C(c2cc3c(cc2O)OCO3)N2CCOCC2)cc1OC. The first-order chi connectivity index (χ1) is 13.2. The average Bonchev–Trinajstić information content (AvgIpc) is 3.16. The van der Waals surface area contributed by atoms with Gasteiger partial charge < -0.3 is 28.8 Å². The lowest BCUT2D eigenvalue weighted by Crippen LogP contribution is -2.39. The van der Waals surface area contributed by atoms with Crippen molar-refractivity contribution in [2.45, 2.75) is 6.04 Å². The van der Waals surface area contributed by atoms with Crippen molar-refractivity contribution in [3.05, 3.63) is 41.5 Å². The van der Waals surface area contributed by atoms with Gasteiger partial charge in [0, 0.05) is 24.7 Å². The normalized spacial score (nSPS) is 17.6. The van der Waals surface area contributed by atoms with Crippen LogP contribution in [0, 0.1) is 0 Å². The minimum atomic E-state index is -0.178. The second kappa shape index (κ2) is 7.54. The van der Waals surface area contributed by atoms with E-state index in [2.05, 4.69) is 4.90 Å². The van der Waals surface area contributed by atoms with Crippen molar-refractivity contribution in [2.24, 2.45) is 0 Å². The summed E-state index contributed by atoms with van der Waals surface area (Å²) in [6.45, 7) is 2.97. The monoisotopic (exact) mass is 373 g/mol. The van der Waals surface area contributed by atoms with Crippen LogP contribution >= 0.6 is 0 Å². The molecule has 0 bridgehead atoms. The molecule has 1 atom stereocenters. The highest BCUT2D eigenvalue weighted by Gasteiger charge is 2.30. The van der Waals surface area contributed by atoms with Crippen LogP contribution in [0.2, 0.25) is 0 Å². The maximum Gasteiger partial charge on any atom is 0.231 e. The number of morpholine rings is 1. The van der Waals surface area contributed by atoms with Crippen molar-refractivity contribution in [3.8, 4) is 28.7 Å². The van der Waals surface area contributed by atoms with Crippen LogP contribution in [0.4, 0.5) is 0 Å². The van der Waals surface area contributed by atoms with Gasteiger partial charge in [0.15, 0.2) is 23.0 Å². The summed E-state index contributed by atoms with van der Waals surface area (Å²) in [5, 5.41) is 10.7. The zero-order chi connectivity index (χ0) is 18.8. The van der Waals surface area contributed by atoms with Gasteiger partial charge in [0.25, 0.3) is 0 Å². The molecule has 0 amide bonds. The Hall–Kier alpha value is -2.64. The van der Waals surface area contributed by atoms with Crippen LogP contribution in [0.15, 0.2) is 30.3 Å². The molecule has 7 nitrogen and oxygen atoms in total. The first-order valence-corrected chi connectivity index (χ1v) is 8.87. The number of benzene rings is 2. The van der Waals surface area contributed by atoms with Crippen molar-refractivity contribution in [3.63, 3.8) is 0 Å². The summed E-state index contributed by atoms with van der Waals surface area (Å²) >= 11 is 0. The highest BCUT2D eigenvalue weighted by atomic mass is 16.7. The second-order valence-corrected chi connectivity index (χ2v) is 6.43. The molecule has 0 radical (unpaired) electrons. The summed E-state index contributed by atoms with van der Waals surface area (Å²) in [6.07, 6.45) is 0. The minimum absolute atomic E-state index is 0.163. The van der Waals surface area contributed by atoms with Gasteiger partial charge in [-0.15, -0.1) is 0 Å². The number of phenols is 1. The van der Waals surface area contributed by atoms with Crippen LogP contribution in [0.5, 0.6) is 28.7 Å². The van der Waals surface area contributed by atoms with Gasteiger partial charge in [-0.1, -0.05) is 6.07 Å². The van der Waals surface area contributed by atoms with E-state index in [0.717, 1.165) is 24.2 Å². The second-order valence-electron chi connectivity index (χ2n) is 6.43. The van der Waals surface area contributed by atoms with E-state index < -0.39 is 0 Å². The van der Waals surface area contributed by atoms with Crippen molar-refractivity contribution in [2.75, 3.05) is 47.3 Å².